The molecule has 3 rings (SSSR count). The SMILES string of the molecule is O=C1c2ccncc2C(=O)c2c1ccc(F)c2F. The van der Waals surface area contributed by atoms with Crippen molar-refractivity contribution in [3.63, 3.8) is 0 Å². The molecule has 1 aromatic carbocycles. The van der Waals surface area contributed by atoms with Gasteiger partial charge < -0.3 is 0 Å². The lowest BCUT2D eigenvalue weighted by Gasteiger charge is -2.17. The highest BCUT2D eigenvalue weighted by atomic mass is 19.2. The van der Waals surface area contributed by atoms with Gasteiger partial charge in [0.15, 0.2) is 23.2 Å². The Bertz CT molecular complexity index is 710. The van der Waals surface area contributed by atoms with Gasteiger partial charge >= 0.3 is 0 Å². The van der Waals surface area contributed by atoms with Crippen LogP contribution in [0.3, 0.4) is 0 Å². The first-order valence-corrected chi connectivity index (χ1v) is 5.12. The highest BCUT2D eigenvalue weighted by Crippen LogP contribution is 2.29. The van der Waals surface area contributed by atoms with E-state index in [4.69, 9.17) is 0 Å². The summed E-state index contributed by atoms with van der Waals surface area (Å²) in [4.78, 5) is 27.8. The van der Waals surface area contributed by atoms with E-state index in [1.165, 1.54) is 18.5 Å². The minimum atomic E-state index is -1.29. The van der Waals surface area contributed by atoms with Crippen molar-refractivity contribution in [2.24, 2.45) is 0 Å². The summed E-state index contributed by atoms with van der Waals surface area (Å²) < 4.78 is 26.8. The number of carbonyl (C=O) groups excluding carboxylic acids is 2. The molecule has 1 aliphatic carbocycles. The molecule has 0 unspecified atom stereocenters. The second-order valence-corrected chi connectivity index (χ2v) is 3.86. The second kappa shape index (κ2) is 3.53. The minimum Gasteiger partial charge on any atom is -0.289 e. The topological polar surface area (TPSA) is 47.0 Å². The number of fused-ring (bicyclic) bond motifs is 2. The van der Waals surface area contributed by atoms with Gasteiger partial charge in [-0.2, -0.15) is 0 Å². The summed E-state index contributed by atoms with van der Waals surface area (Å²) in [7, 11) is 0. The third-order valence-corrected chi connectivity index (χ3v) is 2.88. The summed E-state index contributed by atoms with van der Waals surface area (Å²) in [6.45, 7) is 0. The van der Waals surface area contributed by atoms with Crippen molar-refractivity contribution >= 4 is 11.6 Å². The van der Waals surface area contributed by atoms with Gasteiger partial charge in [0.2, 0.25) is 0 Å². The second-order valence-electron chi connectivity index (χ2n) is 3.86. The van der Waals surface area contributed by atoms with Gasteiger partial charge in [0, 0.05) is 23.5 Å². The fourth-order valence-corrected chi connectivity index (χ4v) is 2.02. The molecule has 88 valence electrons. The maximum absolute atomic E-state index is 13.6. The van der Waals surface area contributed by atoms with Crippen molar-refractivity contribution in [3.8, 4) is 0 Å². The molecule has 0 amide bonds. The van der Waals surface area contributed by atoms with Gasteiger partial charge in [0.1, 0.15) is 0 Å². The number of nitrogens with zero attached hydrogens (tertiary/aromatic N) is 1. The molecule has 0 N–H and O–H groups in total. The van der Waals surface area contributed by atoms with Crippen molar-refractivity contribution in [3.05, 3.63) is 64.5 Å². The predicted molar refractivity (Wildman–Crippen MR) is 57.5 cm³/mol. The molecule has 0 aliphatic heterocycles. The van der Waals surface area contributed by atoms with E-state index in [0.29, 0.717) is 0 Å². The van der Waals surface area contributed by atoms with Gasteiger partial charge in [-0.1, -0.05) is 0 Å². The average Bonchev–Trinajstić information content (AvgIpc) is 2.39. The zero-order valence-electron chi connectivity index (χ0n) is 8.91. The first-order chi connectivity index (χ1) is 8.61. The summed E-state index contributed by atoms with van der Waals surface area (Å²) in [6, 6.07) is 3.35. The third-order valence-electron chi connectivity index (χ3n) is 2.88. The summed E-state index contributed by atoms with van der Waals surface area (Å²) >= 11 is 0. The van der Waals surface area contributed by atoms with Crippen LogP contribution >= 0.6 is 0 Å². The van der Waals surface area contributed by atoms with E-state index in [9.17, 15) is 18.4 Å². The molecule has 1 heterocycles. The molecule has 0 bridgehead atoms. The molecule has 1 aliphatic rings. The molecule has 5 heteroatoms. The van der Waals surface area contributed by atoms with Gasteiger partial charge in [-0.25, -0.2) is 8.78 Å². The number of ketones is 2. The predicted octanol–water partition coefficient (Wildman–Crippen LogP) is 2.14. The van der Waals surface area contributed by atoms with Crippen molar-refractivity contribution in [2.45, 2.75) is 0 Å². The van der Waals surface area contributed by atoms with Crippen LogP contribution in [0.15, 0.2) is 30.6 Å². The standard InChI is InChI=1S/C13H5F2NO2/c14-9-2-1-7-10(11(9)15)13(18)8-5-16-4-3-6(8)12(7)17/h1-5H. The molecule has 0 radical (unpaired) electrons. The van der Waals surface area contributed by atoms with Gasteiger partial charge in [-0.3, -0.25) is 14.6 Å². The average molecular weight is 245 g/mol. The van der Waals surface area contributed by atoms with E-state index in [1.54, 1.807) is 0 Å². The van der Waals surface area contributed by atoms with Crippen LogP contribution in [0.1, 0.15) is 31.8 Å². The van der Waals surface area contributed by atoms with Crippen LogP contribution in [0.25, 0.3) is 0 Å². The van der Waals surface area contributed by atoms with Gasteiger partial charge in [0.05, 0.1) is 11.1 Å². The van der Waals surface area contributed by atoms with E-state index in [2.05, 4.69) is 4.98 Å². The van der Waals surface area contributed by atoms with Gasteiger partial charge in [-0.05, 0) is 18.2 Å². The number of halogens is 2. The first-order valence-electron chi connectivity index (χ1n) is 5.12. The summed E-state index contributed by atoms with van der Waals surface area (Å²) in [5.74, 6) is -3.66. The Labute approximate surface area is 100 Å². The Morgan fingerprint density at radius 2 is 1.67 bits per heavy atom. The smallest absolute Gasteiger partial charge is 0.199 e. The Kier molecular flexibility index (Phi) is 2.10. The lowest BCUT2D eigenvalue weighted by Crippen LogP contribution is -2.23. The summed E-state index contributed by atoms with van der Waals surface area (Å²) in [5, 5.41) is 0. The highest BCUT2D eigenvalue weighted by molar-refractivity contribution is 6.28. The zero-order chi connectivity index (χ0) is 12.9. The Morgan fingerprint density at radius 1 is 0.889 bits per heavy atom. The lowest BCUT2D eigenvalue weighted by molar-refractivity contribution is 0.0974. The third kappa shape index (κ3) is 1.24. The molecule has 0 atom stereocenters. The van der Waals surface area contributed by atoms with Crippen LogP contribution in [0.5, 0.6) is 0 Å². The number of hydrogen-bond acceptors (Lipinski definition) is 3. The minimum absolute atomic E-state index is 0.000463. The number of pyridine rings is 1. The quantitative estimate of drug-likeness (QED) is 0.609. The highest BCUT2D eigenvalue weighted by Gasteiger charge is 2.33. The molecular weight excluding hydrogens is 240 g/mol. The number of hydrogen-bond donors (Lipinski definition) is 0. The largest absolute Gasteiger partial charge is 0.289 e. The van der Waals surface area contributed by atoms with Crippen LogP contribution in [0.4, 0.5) is 8.78 Å². The fourth-order valence-electron chi connectivity index (χ4n) is 2.02. The molecule has 18 heavy (non-hydrogen) atoms. The number of benzene rings is 1. The normalized spacial score (nSPS) is 13.2. The number of carbonyl (C=O) groups is 2. The van der Waals surface area contributed by atoms with Crippen molar-refractivity contribution in [1.82, 2.24) is 4.98 Å². The van der Waals surface area contributed by atoms with Crippen LogP contribution in [0, 0.1) is 11.6 Å². The summed E-state index contributed by atoms with van der Waals surface area (Å²) in [5.41, 5.74) is -0.467. The first kappa shape index (κ1) is 10.7. The maximum atomic E-state index is 13.6. The number of aromatic nitrogens is 1. The molecular formula is C13H5F2NO2. The molecule has 3 nitrogen and oxygen atoms in total. The van der Waals surface area contributed by atoms with Crippen LogP contribution in [-0.2, 0) is 0 Å². The van der Waals surface area contributed by atoms with Crippen molar-refractivity contribution < 1.29 is 18.4 Å². The van der Waals surface area contributed by atoms with Crippen LogP contribution in [0.2, 0.25) is 0 Å². The molecule has 2 aromatic rings. The maximum Gasteiger partial charge on any atom is 0.199 e. The Hall–Kier alpha value is -2.43. The Morgan fingerprint density at radius 3 is 2.44 bits per heavy atom. The zero-order valence-corrected chi connectivity index (χ0v) is 8.91. The monoisotopic (exact) mass is 245 g/mol. The van der Waals surface area contributed by atoms with Gasteiger partial charge in [0.25, 0.3) is 0 Å². The van der Waals surface area contributed by atoms with Gasteiger partial charge in [-0.15, -0.1) is 0 Å². The van der Waals surface area contributed by atoms with Crippen molar-refractivity contribution in [1.29, 1.82) is 0 Å². The summed E-state index contributed by atoms with van der Waals surface area (Å²) in [6.07, 6.45) is 2.55. The van der Waals surface area contributed by atoms with Crippen LogP contribution in [-0.4, -0.2) is 16.6 Å². The van der Waals surface area contributed by atoms with Crippen molar-refractivity contribution in [2.75, 3.05) is 0 Å². The lowest BCUT2D eigenvalue weighted by atomic mass is 9.85. The Balaban J connectivity index is 2.38. The fraction of sp³-hybridized carbons (Fsp3) is 0. The molecule has 1 aromatic heterocycles. The molecule has 0 spiro atoms. The number of rotatable bonds is 0. The van der Waals surface area contributed by atoms with Crippen LogP contribution < -0.4 is 0 Å². The van der Waals surface area contributed by atoms with E-state index < -0.39 is 28.8 Å². The molecule has 0 fully saturated rings. The molecule has 0 saturated heterocycles. The van der Waals surface area contributed by atoms with E-state index in [0.717, 1.165) is 12.1 Å². The van der Waals surface area contributed by atoms with E-state index >= 15 is 0 Å². The molecule has 0 saturated carbocycles. The van der Waals surface area contributed by atoms with E-state index in [-0.39, 0.29) is 16.7 Å². The van der Waals surface area contributed by atoms with E-state index in [1.807, 2.05) is 0 Å².